The number of ether oxygens (including phenoxy) is 1. The first-order valence-corrected chi connectivity index (χ1v) is 6.29. The lowest BCUT2D eigenvalue weighted by Crippen LogP contribution is -2.49. The molecule has 6 nitrogen and oxygen atoms in total. The monoisotopic (exact) mass is 257 g/mol. The van der Waals surface area contributed by atoms with Crippen molar-refractivity contribution in [1.29, 1.82) is 0 Å². The van der Waals surface area contributed by atoms with Crippen molar-refractivity contribution in [3.8, 4) is 0 Å². The Morgan fingerprint density at radius 3 is 2.50 bits per heavy atom. The van der Waals surface area contributed by atoms with Crippen LogP contribution in [0.4, 0.5) is 0 Å². The highest BCUT2D eigenvalue weighted by molar-refractivity contribution is 5.82. The zero-order valence-corrected chi connectivity index (χ0v) is 11.3. The van der Waals surface area contributed by atoms with E-state index < -0.39 is 11.5 Å². The third-order valence-electron chi connectivity index (χ3n) is 2.61. The first kappa shape index (κ1) is 14.9. The summed E-state index contributed by atoms with van der Waals surface area (Å²) in [6.45, 7) is 8.28. The van der Waals surface area contributed by atoms with Crippen molar-refractivity contribution in [1.82, 2.24) is 16.0 Å². The van der Waals surface area contributed by atoms with Gasteiger partial charge < -0.3 is 20.7 Å². The van der Waals surface area contributed by atoms with Gasteiger partial charge in [-0.3, -0.25) is 9.59 Å². The van der Waals surface area contributed by atoms with Gasteiger partial charge in [-0.05, 0) is 0 Å². The van der Waals surface area contributed by atoms with Crippen LogP contribution in [0.2, 0.25) is 0 Å². The molecule has 104 valence electrons. The molecule has 0 radical (unpaired) electrons. The van der Waals surface area contributed by atoms with Gasteiger partial charge >= 0.3 is 0 Å². The zero-order valence-electron chi connectivity index (χ0n) is 11.3. The Morgan fingerprint density at radius 1 is 1.28 bits per heavy atom. The lowest BCUT2D eigenvalue weighted by Gasteiger charge is -2.23. The van der Waals surface area contributed by atoms with E-state index in [-0.39, 0.29) is 11.8 Å². The highest BCUT2D eigenvalue weighted by atomic mass is 16.5. The van der Waals surface area contributed by atoms with Crippen LogP contribution in [-0.4, -0.2) is 50.7 Å². The molecule has 1 heterocycles. The summed E-state index contributed by atoms with van der Waals surface area (Å²) in [4.78, 5) is 23.2. The number of carbonyl (C=O) groups is 2. The Hall–Kier alpha value is -1.14. The van der Waals surface area contributed by atoms with Crippen LogP contribution in [0.3, 0.4) is 0 Å². The second-order valence-corrected chi connectivity index (χ2v) is 5.36. The van der Waals surface area contributed by atoms with Crippen LogP contribution in [0, 0.1) is 5.41 Å². The van der Waals surface area contributed by atoms with Crippen LogP contribution >= 0.6 is 0 Å². The maximum absolute atomic E-state index is 11.7. The molecule has 1 fully saturated rings. The summed E-state index contributed by atoms with van der Waals surface area (Å²) in [5.41, 5.74) is -0.402. The van der Waals surface area contributed by atoms with Crippen LogP contribution in [0.15, 0.2) is 0 Å². The van der Waals surface area contributed by atoms with E-state index in [4.69, 9.17) is 4.74 Å². The maximum Gasteiger partial charge on any atom is 0.250 e. The third kappa shape index (κ3) is 5.01. The molecule has 6 heteroatoms. The van der Waals surface area contributed by atoms with E-state index >= 15 is 0 Å². The van der Waals surface area contributed by atoms with Crippen molar-refractivity contribution >= 4 is 11.8 Å². The molecule has 18 heavy (non-hydrogen) atoms. The number of morpholine rings is 1. The molecule has 0 bridgehead atoms. The minimum atomic E-state index is -0.419. The Labute approximate surface area is 108 Å². The van der Waals surface area contributed by atoms with Gasteiger partial charge in [-0.25, -0.2) is 0 Å². The van der Waals surface area contributed by atoms with E-state index in [2.05, 4.69) is 16.0 Å². The SMILES string of the molecule is CC(C)(C)C(=O)NCCNC(=O)C1CNCCO1. The van der Waals surface area contributed by atoms with Crippen LogP contribution in [0.5, 0.6) is 0 Å². The van der Waals surface area contributed by atoms with Gasteiger partial charge in [-0.1, -0.05) is 20.8 Å². The summed E-state index contributed by atoms with van der Waals surface area (Å²) in [5, 5.41) is 8.60. The molecule has 0 aromatic carbocycles. The van der Waals surface area contributed by atoms with Gasteiger partial charge in [0, 0.05) is 31.6 Å². The van der Waals surface area contributed by atoms with Gasteiger partial charge in [0.25, 0.3) is 5.91 Å². The molecular formula is C12H23N3O3. The van der Waals surface area contributed by atoms with E-state index in [0.29, 0.717) is 26.2 Å². The first-order chi connectivity index (χ1) is 8.41. The Balaban J connectivity index is 2.14. The fraction of sp³-hybridized carbons (Fsp3) is 0.833. The summed E-state index contributed by atoms with van der Waals surface area (Å²) in [6.07, 6.45) is -0.419. The topological polar surface area (TPSA) is 79.5 Å². The highest BCUT2D eigenvalue weighted by Crippen LogP contribution is 2.11. The number of nitrogens with one attached hydrogen (secondary N) is 3. The number of amides is 2. The number of hydrogen-bond acceptors (Lipinski definition) is 4. The van der Waals surface area contributed by atoms with Crippen molar-refractivity contribution < 1.29 is 14.3 Å². The van der Waals surface area contributed by atoms with Gasteiger partial charge in [0.2, 0.25) is 5.91 Å². The molecule has 0 saturated carbocycles. The van der Waals surface area contributed by atoms with Crippen LogP contribution in [0.1, 0.15) is 20.8 Å². The Bertz CT molecular complexity index is 293. The average molecular weight is 257 g/mol. The van der Waals surface area contributed by atoms with E-state index in [9.17, 15) is 9.59 Å². The van der Waals surface area contributed by atoms with Crippen molar-refractivity contribution in [2.45, 2.75) is 26.9 Å². The summed E-state index contributed by atoms with van der Waals surface area (Å²) in [7, 11) is 0. The molecule has 1 aliphatic heterocycles. The summed E-state index contributed by atoms with van der Waals surface area (Å²) < 4.78 is 5.31. The standard InChI is InChI=1S/C12H23N3O3/c1-12(2,3)11(17)15-5-4-14-10(16)9-8-13-6-7-18-9/h9,13H,4-8H2,1-3H3,(H,14,16)(H,15,17). The van der Waals surface area contributed by atoms with Crippen LogP contribution in [-0.2, 0) is 14.3 Å². The van der Waals surface area contributed by atoms with E-state index in [1.165, 1.54) is 0 Å². The van der Waals surface area contributed by atoms with E-state index in [1.807, 2.05) is 20.8 Å². The molecule has 0 aromatic heterocycles. The fourth-order valence-corrected chi connectivity index (χ4v) is 1.47. The van der Waals surface area contributed by atoms with E-state index in [1.54, 1.807) is 0 Å². The van der Waals surface area contributed by atoms with Crippen LogP contribution < -0.4 is 16.0 Å². The van der Waals surface area contributed by atoms with Gasteiger partial charge in [-0.2, -0.15) is 0 Å². The molecule has 1 saturated heterocycles. The van der Waals surface area contributed by atoms with Gasteiger partial charge in [0.1, 0.15) is 6.10 Å². The molecule has 1 aliphatic rings. The first-order valence-electron chi connectivity index (χ1n) is 6.29. The summed E-state index contributed by atoms with van der Waals surface area (Å²) >= 11 is 0. The minimum Gasteiger partial charge on any atom is -0.366 e. The van der Waals surface area contributed by atoms with Crippen molar-refractivity contribution in [2.75, 3.05) is 32.8 Å². The number of rotatable bonds is 4. The number of hydrogen-bond donors (Lipinski definition) is 3. The van der Waals surface area contributed by atoms with Crippen molar-refractivity contribution in [2.24, 2.45) is 5.41 Å². The largest absolute Gasteiger partial charge is 0.366 e. The lowest BCUT2D eigenvalue weighted by atomic mass is 9.96. The maximum atomic E-state index is 11.7. The Morgan fingerprint density at radius 2 is 1.94 bits per heavy atom. The molecule has 1 unspecified atom stereocenters. The van der Waals surface area contributed by atoms with Crippen LogP contribution in [0.25, 0.3) is 0 Å². The predicted molar refractivity (Wildman–Crippen MR) is 68.1 cm³/mol. The fourth-order valence-electron chi connectivity index (χ4n) is 1.47. The third-order valence-corrected chi connectivity index (χ3v) is 2.61. The molecule has 1 atom stereocenters. The molecule has 3 N–H and O–H groups in total. The average Bonchev–Trinajstić information content (AvgIpc) is 2.34. The smallest absolute Gasteiger partial charge is 0.250 e. The summed E-state index contributed by atoms with van der Waals surface area (Å²) in [5.74, 6) is -0.153. The normalized spacial score (nSPS) is 20.3. The van der Waals surface area contributed by atoms with Gasteiger partial charge in [0.05, 0.1) is 6.61 Å². The molecule has 0 aromatic rings. The van der Waals surface area contributed by atoms with Gasteiger partial charge in [-0.15, -0.1) is 0 Å². The second kappa shape index (κ2) is 6.70. The summed E-state index contributed by atoms with van der Waals surface area (Å²) in [6, 6.07) is 0. The zero-order chi connectivity index (χ0) is 13.6. The predicted octanol–water partition coefficient (Wildman–Crippen LogP) is -0.747. The molecule has 1 rings (SSSR count). The van der Waals surface area contributed by atoms with Crippen molar-refractivity contribution in [3.05, 3.63) is 0 Å². The minimum absolute atomic E-state index is 0.0210. The quantitative estimate of drug-likeness (QED) is 0.579. The second-order valence-electron chi connectivity index (χ2n) is 5.36. The molecular weight excluding hydrogens is 234 g/mol. The van der Waals surface area contributed by atoms with Gasteiger partial charge in [0.15, 0.2) is 0 Å². The van der Waals surface area contributed by atoms with E-state index in [0.717, 1.165) is 6.54 Å². The molecule has 2 amide bonds. The Kier molecular flexibility index (Phi) is 5.55. The highest BCUT2D eigenvalue weighted by Gasteiger charge is 2.22. The molecule has 0 spiro atoms. The number of carbonyl (C=O) groups excluding carboxylic acids is 2. The molecule has 0 aliphatic carbocycles. The van der Waals surface area contributed by atoms with Crippen molar-refractivity contribution in [3.63, 3.8) is 0 Å². The lowest BCUT2D eigenvalue weighted by molar-refractivity contribution is -0.134.